The van der Waals surface area contributed by atoms with Crippen molar-refractivity contribution in [3.05, 3.63) is 49.2 Å². The molecule has 0 amide bonds. The topological polar surface area (TPSA) is 177 Å². The zero-order valence-corrected chi connectivity index (χ0v) is 9.29. The van der Waals surface area contributed by atoms with Gasteiger partial charge in [-0.3, -0.25) is 31.7 Å². The minimum atomic E-state index is -0.834. The maximum atomic E-state index is 11.0. The van der Waals surface area contributed by atoms with Gasteiger partial charge in [0.15, 0.2) is 5.56 Å². The van der Waals surface area contributed by atoms with E-state index in [0.717, 1.165) is 18.2 Å². The second-order valence-corrected chi connectivity index (χ2v) is 3.17. The number of benzene rings is 1. The summed E-state index contributed by atoms with van der Waals surface area (Å²) in [5, 5.41) is 35.6. The quantitative estimate of drug-likeness (QED) is 0.186. The summed E-state index contributed by atoms with van der Waals surface area (Å²) in [7, 11) is 0. The Morgan fingerprint density at radius 3 is 1.95 bits per heavy atom. The predicted octanol–water partition coefficient (Wildman–Crippen LogP) is -0.379. The van der Waals surface area contributed by atoms with Crippen molar-refractivity contribution in [1.82, 2.24) is 0 Å². The van der Waals surface area contributed by atoms with Crippen LogP contribution in [-0.2, 0) is 0 Å². The third kappa shape index (κ3) is 3.12. The molecular formula is C8H8N6O5. The summed E-state index contributed by atoms with van der Waals surface area (Å²) < 4.78 is 0. The molecule has 0 aliphatic rings. The molecule has 0 saturated carbocycles. The largest absolute Gasteiger partial charge is 0.722 e. The molecule has 1 aromatic carbocycles. The summed E-state index contributed by atoms with van der Waals surface area (Å²) in [6, 6.07) is 3.23. The van der Waals surface area contributed by atoms with E-state index in [2.05, 4.69) is 5.10 Å². The fourth-order valence-corrected chi connectivity index (χ4v) is 1.17. The number of guanidine groups is 1. The first-order chi connectivity index (χ1) is 8.84. The van der Waals surface area contributed by atoms with Gasteiger partial charge in [0.2, 0.25) is 0 Å². The van der Waals surface area contributed by atoms with E-state index in [0.29, 0.717) is 6.21 Å². The van der Waals surface area contributed by atoms with Crippen molar-refractivity contribution < 1.29 is 14.7 Å². The van der Waals surface area contributed by atoms with E-state index in [-0.39, 0.29) is 4.85 Å². The highest BCUT2D eigenvalue weighted by molar-refractivity contribution is 5.90. The third-order valence-corrected chi connectivity index (χ3v) is 1.97. The van der Waals surface area contributed by atoms with Gasteiger partial charge in [0, 0.05) is 12.1 Å². The summed E-state index contributed by atoms with van der Waals surface area (Å²) in [5.74, 6) is -0.711. The lowest BCUT2D eigenvalue weighted by atomic mass is 10.1. The number of rotatable bonds is 4. The van der Waals surface area contributed by atoms with E-state index in [1.165, 1.54) is 0 Å². The highest BCUT2D eigenvalue weighted by Gasteiger charge is 2.23. The van der Waals surface area contributed by atoms with E-state index < -0.39 is 32.7 Å². The number of nitro groups is 2. The Kier molecular flexibility index (Phi) is 3.93. The van der Waals surface area contributed by atoms with Gasteiger partial charge in [-0.25, -0.2) is 0 Å². The minimum absolute atomic E-state index is 0.222. The van der Waals surface area contributed by atoms with Crippen LogP contribution in [0.2, 0.25) is 0 Å². The van der Waals surface area contributed by atoms with E-state index in [1.54, 1.807) is 0 Å². The monoisotopic (exact) mass is 268 g/mol. The van der Waals surface area contributed by atoms with Crippen molar-refractivity contribution in [2.45, 2.75) is 0 Å². The van der Waals surface area contributed by atoms with Crippen molar-refractivity contribution in [2.75, 3.05) is 0 Å². The summed E-state index contributed by atoms with van der Waals surface area (Å²) in [4.78, 5) is 19.6. The molecule has 11 heteroatoms. The van der Waals surface area contributed by atoms with Gasteiger partial charge in [-0.2, -0.15) is 0 Å². The molecule has 0 heterocycles. The van der Waals surface area contributed by atoms with Gasteiger partial charge >= 0.3 is 5.96 Å². The van der Waals surface area contributed by atoms with Gasteiger partial charge in [-0.1, -0.05) is 0 Å². The van der Waals surface area contributed by atoms with Crippen LogP contribution in [-0.4, -0.2) is 26.9 Å². The standard InChI is InChI=1S/C8H8N6O5/c9-8(10)12(15)11-4-5-6(13(16)17)2-1-3-7(5)14(18)19/h1-4H,9-10H2. The van der Waals surface area contributed by atoms with E-state index in [9.17, 15) is 25.4 Å². The Bertz CT molecular complexity index is 559. The maximum absolute atomic E-state index is 11.0. The van der Waals surface area contributed by atoms with E-state index in [4.69, 9.17) is 11.5 Å². The maximum Gasteiger partial charge on any atom is 0.366 e. The lowest BCUT2D eigenvalue weighted by Gasteiger charge is -2.03. The zero-order chi connectivity index (χ0) is 14.6. The van der Waals surface area contributed by atoms with Gasteiger partial charge in [-0.15, -0.1) is 9.95 Å². The Labute approximate surface area is 105 Å². The molecule has 0 radical (unpaired) electrons. The molecule has 0 unspecified atom stereocenters. The summed E-state index contributed by atoms with van der Waals surface area (Å²) in [6.45, 7) is 0. The molecule has 0 aliphatic carbocycles. The fourth-order valence-electron chi connectivity index (χ4n) is 1.17. The second-order valence-electron chi connectivity index (χ2n) is 3.17. The van der Waals surface area contributed by atoms with Crippen LogP contribution < -0.4 is 11.5 Å². The van der Waals surface area contributed by atoms with Crippen LogP contribution in [0.5, 0.6) is 0 Å². The first-order valence-electron chi connectivity index (χ1n) is 4.65. The Morgan fingerprint density at radius 1 is 1.11 bits per heavy atom. The smallest absolute Gasteiger partial charge is 0.366 e. The normalized spacial score (nSPS) is 10.3. The first-order valence-corrected chi connectivity index (χ1v) is 4.65. The number of nitrogens with two attached hydrogens (primary N) is 2. The van der Waals surface area contributed by atoms with Crippen LogP contribution in [0.15, 0.2) is 23.3 Å². The van der Waals surface area contributed by atoms with Gasteiger partial charge < -0.3 is 5.21 Å². The highest BCUT2D eigenvalue weighted by atomic mass is 16.6. The van der Waals surface area contributed by atoms with Gasteiger partial charge in [0.1, 0.15) is 0 Å². The molecule has 0 saturated heterocycles. The number of nitrogens with zero attached hydrogens (tertiary/aromatic N) is 4. The molecule has 0 aliphatic heterocycles. The van der Waals surface area contributed by atoms with Crippen LogP contribution in [0.4, 0.5) is 11.4 Å². The van der Waals surface area contributed by atoms with Crippen LogP contribution in [0.25, 0.3) is 0 Å². The minimum Gasteiger partial charge on any atom is -0.722 e. The Hall–Kier alpha value is -3.24. The van der Waals surface area contributed by atoms with Crippen LogP contribution in [0.3, 0.4) is 0 Å². The lowest BCUT2D eigenvalue weighted by molar-refractivity contribution is -0.464. The first kappa shape index (κ1) is 13.8. The number of hydrogen-bond acceptors (Lipinski definition) is 6. The van der Waals surface area contributed by atoms with Crippen molar-refractivity contribution >= 4 is 23.5 Å². The molecule has 11 nitrogen and oxygen atoms in total. The molecule has 1 rings (SSSR count). The third-order valence-electron chi connectivity index (χ3n) is 1.97. The van der Waals surface area contributed by atoms with Crippen molar-refractivity contribution in [3.8, 4) is 0 Å². The molecule has 0 aromatic heterocycles. The van der Waals surface area contributed by atoms with E-state index >= 15 is 0 Å². The molecule has 4 N–H and O–H groups in total. The zero-order valence-electron chi connectivity index (χ0n) is 9.29. The Balaban J connectivity index is 3.42. The molecule has 0 fully saturated rings. The van der Waals surface area contributed by atoms with Crippen molar-refractivity contribution in [2.24, 2.45) is 16.6 Å². The molecule has 1 aromatic rings. The van der Waals surface area contributed by atoms with Crippen molar-refractivity contribution in [3.63, 3.8) is 0 Å². The average molecular weight is 268 g/mol. The summed E-state index contributed by atoms with van der Waals surface area (Å²) in [5.41, 5.74) is 8.28. The molecule has 100 valence electrons. The molecule has 19 heavy (non-hydrogen) atoms. The van der Waals surface area contributed by atoms with Crippen LogP contribution >= 0.6 is 0 Å². The highest BCUT2D eigenvalue weighted by Crippen LogP contribution is 2.26. The molecule has 0 bridgehead atoms. The van der Waals surface area contributed by atoms with Gasteiger partial charge in [0.05, 0.1) is 16.1 Å². The summed E-state index contributed by atoms with van der Waals surface area (Å²) in [6.07, 6.45) is 0.656. The van der Waals surface area contributed by atoms with Crippen molar-refractivity contribution in [1.29, 1.82) is 0 Å². The van der Waals surface area contributed by atoms with Crippen LogP contribution in [0.1, 0.15) is 5.56 Å². The predicted molar refractivity (Wildman–Crippen MR) is 64.4 cm³/mol. The molecule has 0 atom stereocenters. The average Bonchev–Trinajstić information content (AvgIpc) is 2.34. The lowest BCUT2D eigenvalue weighted by Crippen LogP contribution is -2.30. The van der Waals surface area contributed by atoms with Gasteiger partial charge in [-0.05, 0) is 6.07 Å². The number of hydrogen-bond donors (Lipinski definition) is 2. The number of hydrazone groups is 1. The van der Waals surface area contributed by atoms with Crippen LogP contribution in [0, 0.1) is 25.4 Å². The second kappa shape index (κ2) is 5.39. The number of nitro benzene ring substituents is 2. The summed E-state index contributed by atoms with van der Waals surface area (Å²) >= 11 is 0. The molecular weight excluding hydrogens is 260 g/mol. The van der Waals surface area contributed by atoms with E-state index in [1.807, 2.05) is 0 Å². The SMILES string of the molecule is NC(N)=[N+]([O-])N=Cc1c([N+](=O)[O-])cccc1[N+](=O)[O-]. The Morgan fingerprint density at radius 2 is 1.58 bits per heavy atom. The fraction of sp³-hybridized carbons (Fsp3) is 0. The van der Waals surface area contributed by atoms with Gasteiger partial charge in [0.25, 0.3) is 11.4 Å². The molecule has 0 spiro atoms.